The summed E-state index contributed by atoms with van der Waals surface area (Å²) in [6, 6.07) is 1.18. The molecular formula is C10H12ClNO4S. The molecule has 0 bridgehead atoms. The van der Waals surface area contributed by atoms with Crippen molar-refractivity contribution in [2.75, 3.05) is 0 Å². The molecule has 0 saturated heterocycles. The Bertz CT molecular complexity index is 516. The SMILES string of the molecule is O=C(OC1CCCC1)c1cc(S(=O)(=O)Cl)c[nH]1. The minimum Gasteiger partial charge on any atom is -0.458 e. The van der Waals surface area contributed by atoms with Gasteiger partial charge in [-0.25, -0.2) is 13.2 Å². The van der Waals surface area contributed by atoms with E-state index in [1.54, 1.807) is 0 Å². The number of hydrogen-bond donors (Lipinski definition) is 1. The maximum Gasteiger partial charge on any atom is 0.355 e. The summed E-state index contributed by atoms with van der Waals surface area (Å²) in [5.41, 5.74) is 0.108. The fourth-order valence-corrected chi connectivity index (χ4v) is 2.58. The van der Waals surface area contributed by atoms with Crippen LogP contribution >= 0.6 is 10.7 Å². The van der Waals surface area contributed by atoms with Crippen molar-refractivity contribution < 1.29 is 17.9 Å². The maximum atomic E-state index is 11.6. The lowest BCUT2D eigenvalue weighted by Gasteiger charge is -2.09. The van der Waals surface area contributed by atoms with E-state index in [0.717, 1.165) is 25.7 Å². The zero-order chi connectivity index (χ0) is 12.5. The molecule has 1 saturated carbocycles. The Kier molecular flexibility index (Phi) is 3.44. The highest BCUT2D eigenvalue weighted by Gasteiger charge is 2.22. The quantitative estimate of drug-likeness (QED) is 0.677. The smallest absolute Gasteiger partial charge is 0.355 e. The summed E-state index contributed by atoms with van der Waals surface area (Å²) in [5, 5.41) is 0. The summed E-state index contributed by atoms with van der Waals surface area (Å²) in [6.45, 7) is 0. The van der Waals surface area contributed by atoms with Gasteiger partial charge in [-0.3, -0.25) is 0 Å². The molecule has 1 heterocycles. The van der Waals surface area contributed by atoms with Crippen LogP contribution in [0.3, 0.4) is 0 Å². The van der Waals surface area contributed by atoms with Crippen LogP contribution in [0.4, 0.5) is 0 Å². The summed E-state index contributed by atoms with van der Waals surface area (Å²) >= 11 is 0. The summed E-state index contributed by atoms with van der Waals surface area (Å²) in [7, 11) is 1.34. The Morgan fingerprint density at radius 1 is 1.41 bits per heavy atom. The highest BCUT2D eigenvalue weighted by atomic mass is 35.7. The molecule has 1 aliphatic carbocycles. The number of halogens is 1. The summed E-state index contributed by atoms with van der Waals surface area (Å²) in [6.07, 6.45) is 4.98. The molecule has 94 valence electrons. The summed E-state index contributed by atoms with van der Waals surface area (Å²) in [4.78, 5) is 14.1. The van der Waals surface area contributed by atoms with E-state index in [4.69, 9.17) is 15.4 Å². The van der Waals surface area contributed by atoms with Crippen LogP contribution in [0.2, 0.25) is 0 Å². The second kappa shape index (κ2) is 4.70. The van der Waals surface area contributed by atoms with Crippen LogP contribution in [0, 0.1) is 0 Å². The number of esters is 1. The second-order valence-corrected chi connectivity index (χ2v) is 6.56. The van der Waals surface area contributed by atoms with E-state index in [1.165, 1.54) is 12.3 Å². The molecule has 0 aromatic carbocycles. The molecule has 1 fully saturated rings. The van der Waals surface area contributed by atoms with Gasteiger partial charge in [0.25, 0.3) is 9.05 Å². The molecule has 0 atom stereocenters. The molecule has 7 heteroatoms. The first-order valence-corrected chi connectivity index (χ1v) is 7.62. The Balaban J connectivity index is 2.07. The van der Waals surface area contributed by atoms with E-state index in [9.17, 15) is 13.2 Å². The van der Waals surface area contributed by atoms with Crippen molar-refractivity contribution in [2.45, 2.75) is 36.7 Å². The number of ether oxygens (including phenoxy) is 1. The lowest BCUT2D eigenvalue weighted by atomic mass is 10.3. The fourth-order valence-electron chi connectivity index (χ4n) is 1.85. The van der Waals surface area contributed by atoms with E-state index >= 15 is 0 Å². The summed E-state index contributed by atoms with van der Waals surface area (Å²) in [5.74, 6) is -0.538. The van der Waals surface area contributed by atoms with Crippen LogP contribution in [0.15, 0.2) is 17.2 Å². The topological polar surface area (TPSA) is 76.2 Å². The number of aromatic amines is 1. The van der Waals surface area contributed by atoms with Gasteiger partial charge in [0.2, 0.25) is 0 Å². The van der Waals surface area contributed by atoms with Crippen molar-refractivity contribution >= 4 is 25.7 Å². The lowest BCUT2D eigenvalue weighted by Crippen LogP contribution is -2.14. The first kappa shape index (κ1) is 12.4. The third-order valence-corrected chi connectivity index (χ3v) is 4.07. The van der Waals surface area contributed by atoms with Crippen molar-refractivity contribution in [2.24, 2.45) is 0 Å². The molecule has 1 aromatic rings. The number of H-pyrrole nitrogens is 1. The lowest BCUT2D eigenvalue weighted by molar-refractivity contribution is 0.0311. The Morgan fingerprint density at radius 3 is 2.59 bits per heavy atom. The van der Waals surface area contributed by atoms with Crippen molar-refractivity contribution in [1.82, 2.24) is 4.98 Å². The van der Waals surface area contributed by atoms with Gasteiger partial charge in [-0.15, -0.1) is 0 Å². The number of rotatable bonds is 3. The fraction of sp³-hybridized carbons (Fsp3) is 0.500. The number of carbonyl (C=O) groups excluding carboxylic acids is 1. The zero-order valence-corrected chi connectivity index (χ0v) is 10.6. The normalized spacial score (nSPS) is 17.2. The molecule has 0 unspecified atom stereocenters. The second-order valence-electron chi connectivity index (χ2n) is 4.00. The number of hydrogen-bond acceptors (Lipinski definition) is 4. The van der Waals surface area contributed by atoms with Crippen molar-refractivity contribution in [3.63, 3.8) is 0 Å². The van der Waals surface area contributed by atoms with Gasteiger partial charge >= 0.3 is 5.97 Å². The molecule has 1 aromatic heterocycles. The molecule has 17 heavy (non-hydrogen) atoms. The van der Waals surface area contributed by atoms with Gasteiger partial charge in [0, 0.05) is 16.9 Å². The molecule has 0 radical (unpaired) electrons. The standard InChI is InChI=1S/C10H12ClNO4S/c11-17(14,15)8-5-9(12-6-8)10(13)16-7-3-1-2-4-7/h5-7,12H,1-4H2. The average Bonchev–Trinajstić information content (AvgIpc) is 2.85. The molecule has 2 rings (SSSR count). The molecule has 5 nitrogen and oxygen atoms in total. The van der Waals surface area contributed by atoms with Crippen LogP contribution in [-0.4, -0.2) is 25.5 Å². The Hall–Kier alpha value is -1.01. The van der Waals surface area contributed by atoms with Gasteiger partial charge in [-0.2, -0.15) is 0 Å². The highest BCUT2D eigenvalue weighted by Crippen LogP contribution is 2.23. The monoisotopic (exact) mass is 277 g/mol. The van der Waals surface area contributed by atoms with E-state index in [1.807, 2.05) is 0 Å². The third kappa shape index (κ3) is 3.01. The molecule has 0 amide bonds. The molecule has 0 aliphatic heterocycles. The van der Waals surface area contributed by atoms with E-state index in [0.29, 0.717) is 0 Å². The summed E-state index contributed by atoms with van der Waals surface area (Å²) < 4.78 is 27.2. The van der Waals surface area contributed by atoms with E-state index < -0.39 is 15.0 Å². The first-order chi connectivity index (χ1) is 7.97. The van der Waals surface area contributed by atoms with Gasteiger partial charge in [0.15, 0.2) is 0 Å². The van der Waals surface area contributed by atoms with Crippen LogP contribution in [0.25, 0.3) is 0 Å². The molecule has 1 aliphatic rings. The van der Waals surface area contributed by atoms with Crippen LogP contribution in [0.5, 0.6) is 0 Å². The maximum absolute atomic E-state index is 11.6. The van der Waals surface area contributed by atoms with Crippen LogP contribution in [0.1, 0.15) is 36.2 Å². The van der Waals surface area contributed by atoms with Gasteiger partial charge < -0.3 is 9.72 Å². The van der Waals surface area contributed by atoms with Gasteiger partial charge in [-0.1, -0.05) is 0 Å². The molecule has 1 N–H and O–H groups in total. The van der Waals surface area contributed by atoms with Crippen LogP contribution in [-0.2, 0) is 13.8 Å². The van der Waals surface area contributed by atoms with E-state index in [-0.39, 0.29) is 16.7 Å². The Morgan fingerprint density at radius 2 is 2.06 bits per heavy atom. The zero-order valence-electron chi connectivity index (χ0n) is 8.98. The van der Waals surface area contributed by atoms with Crippen molar-refractivity contribution in [1.29, 1.82) is 0 Å². The predicted octanol–water partition coefficient (Wildman–Crippen LogP) is 2.04. The minimum atomic E-state index is -3.81. The van der Waals surface area contributed by atoms with Gasteiger partial charge in [0.1, 0.15) is 16.7 Å². The first-order valence-electron chi connectivity index (χ1n) is 5.31. The third-order valence-electron chi connectivity index (χ3n) is 2.73. The van der Waals surface area contributed by atoms with E-state index in [2.05, 4.69) is 4.98 Å². The minimum absolute atomic E-state index is 0.0538. The highest BCUT2D eigenvalue weighted by molar-refractivity contribution is 8.13. The Labute approximate surface area is 104 Å². The average molecular weight is 278 g/mol. The number of aromatic nitrogens is 1. The predicted molar refractivity (Wildman–Crippen MR) is 61.5 cm³/mol. The molecular weight excluding hydrogens is 266 g/mol. The van der Waals surface area contributed by atoms with Gasteiger partial charge in [0.05, 0.1) is 0 Å². The van der Waals surface area contributed by atoms with Crippen molar-refractivity contribution in [3.05, 3.63) is 18.0 Å². The van der Waals surface area contributed by atoms with Crippen molar-refractivity contribution in [3.8, 4) is 0 Å². The largest absolute Gasteiger partial charge is 0.458 e. The number of carbonyl (C=O) groups is 1. The van der Waals surface area contributed by atoms with Crippen LogP contribution < -0.4 is 0 Å². The number of nitrogens with one attached hydrogen (secondary N) is 1. The van der Waals surface area contributed by atoms with Gasteiger partial charge in [-0.05, 0) is 31.7 Å². The molecule has 0 spiro atoms.